The normalized spacial score (nSPS) is 10.5. The average Bonchev–Trinajstić information content (AvgIpc) is 2.91. The Labute approximate surface area is 217 Å². The van der Waals surface area contributed by atoms with Gasteiger partial charge in [-0.1, -0.05) is 24.3 Å². The maximum atomic E-state index is 13.1. The Morgan fingerprint density at radius 1 is 0.632 bits per heavy atom. The number of nitrogen functional groups attached to an aromatic ring is 3. The lowest BCUT2D eigenvalue weighted by Gasteiger charge is -2.15. The summed E-state index contributed by atoms with van der Waals surface area (Å²) in [7, 11) is 0. The molecule has 0 aliphatic heterocycles. The van der Waals surface area contributed by atoms with Crippen LogP contribution in [0.15, 0.2) is 84.9 Å². The van der Waals surface area contributed by atoms with Crippen LogP contribution in [0.25, 0.3) is 11.1 Å². The fourth-order valence-electron chi connectivity index (χ4n) is 3.71. The largest absolute Gasteiger partial charge is 0.457 e. The molecular weight excluding hydrogens is 488 g/mol. The summed E-state index contributed by atoms with van der Waals surface area (Å²) in [6.07, 6.45) is 0. The summed E-state index contributed by atoms with van der Waals surface area (Å²) in [5, 5.41) is 10.9. The maximum absolute atomic E-state index is 13.1. The summed E-state index contributed by atoms with van der Waals surface area (Å²) in [4.78, 5) is 36.5. The van der Waals surface area contributed by atoms with Gasteiger partial charge in [0.05, 0.1) is 16.1 Å². The molecule has 0 heterocycles. The fraction of sp³-hybridized carbons (Fsp3) is 0.0714. The van der Waals surface area contributed by atoms with Gasteiger partial charge in [-0.15, -0.1) is 0 Å². The van der Waals surface area contributed by atoms with Crippen molar-refractivity contribution in [2.24, 2.45) is 0 Å². The summed E-state index contributed by atoms with van der Waals surface area (Å²) in [5.41, 5.74) is 21.2. The van der Waals surface area contributed by atoms with Crippen molar-refractivity contribution in [2.75, 3.05) is 17.2 Å². The molecule has 0 atom stereocenters. The van der Waals surface area contributed by atoms with Crippen LogP contribution < -0.4 is 17.2 Å². The predicted octanol–water partition coefficient (Wildman–Crippen LogP) is 4.72. The molecule has 0 radical (unpaired) electrons. The molecule has 0 aromatic heterocycles. The third kappa shape index (κ3) is 6.05. The van der Waals surface area contributed by atoms with Crippen LogP contribution in [0.2, 0.25) is 0 Å². The molecular formula is C28H24N4O6. The first-order valence-electron chi connectivity index (χ1n) is 11.4. The Hall–Kier alpha value is -5.38. The first-order chi connectivity index (χ1) is 18.2. The lowest BCUT2D eigenvalue weighted by Crippen LogP contribution is -2.11. The number of nitrogens with zero attached hydrogens (tertiary/aromatic N) is 1. The van der Waals surface area contributed by atoms with Crippen LogP contribution in [-0.2, 0) is 22.7 Å². The van der Waals surface area contributed by atoms with Crippen LogP contribution in [0, 0.1) is 10.1 Å². The van der Waals surface area contributed by atoms with Crippen molar-refractivity contribution in [1.82, 2.24) is 0 Å². The zero-order valence-corrected chi connectivity index (χ0v) is 20.1. The Morgan fingerprint density at radius 2 is 1.03 bits per heavy atom. The van der Waals surface area contributed by atoms with Gasteiger partial charge < -0.3 is 26.7 Å². The molecule has 6 N–H and O–H groups in total. The molecule has 38 heavy (non-hydrogen) atoms. The lowest BCUT2D eigenvalue weighted by molar-refractivity contribution is -0.384. The standard InChI is InChI=1S/C28H24N4O6/c29-19-5-1-17(2-6-19)15-37-27(33)25-13-20(30)7-11-23(25)24-12-8-21(31)14-26(24)28(34)38-16-18-3-9-22(10-4-18)32(35)36/h1-14H,15-16,29-31H2. The van der Waals surface area contributed by atoms with E-state index in [-0.39, 0.29) is 30.0 Å². The van der Waals surface area contributed by atoms with Gasteiger partial charge in [0.25, 0.3) is 5.69 Å². The molecule has 4 rings (SSSR count). The molecule has 0 saturated carbocycles. The lowest BCUT2D eigenvalue weighted by atomic mass is 9.94. The maximum Gasteiger partial charge on any atom is 0.339 e. The Balaban J connectivity index is 1.59. The number of carbonyl (C=O) groups is 2. The van der Waals surface area contributed by atoms with Crippen molar-refractivity contribution >= 4 is 34.7 Å². The minimum atomic E-state index is -0.691. The SMILES string of the molecule is Nc1ccc(COC(=O)c2cc(N)ccc2-c2ccc(N)cc2C(=O)OCc2ccc([N+](=O)[O-])cc2)cc1. The number of ether oxygens (including phenoxy) is 2. The summed E-state index contributed by atoms with van der Waals surface area (Å²) in [6.45, 7) is -0.109. The van der Waals surface area contributed by atoms with E-state index in [0.29, 0.717) is 33.8 Å². The van der Waals surface area contributed by atoms with Crippen molar-refractivity contribution < 1.29 is 24.0 Å². The van der Waals surface area contributed by atoms with Crippen molar-refractivity contribution in [3.05, 3.63) is 117 Å². The van der Waals surface area contributed by atoms with Gasteiger partial charge in [0.2, 0.25) is 0 Å². The number of esters is 2. The van der Waals surface area contributed by atoms with Gasteiger partial charge in [-0.25, -0.2) is 9.59 Å². The highest BCUT2D eigenvalue weighted by molar-refractivity contribution is 6.04. The summed E-state index contributed by atoms with van der Waals surface area (Å²) in [6, 6.07) is 21.9. The van der Waals surface area contributed by atoms with E-state index in [4.69, 9.17) is 26.7 Å². The van der Waals surface area contributed by atoms with E-state index in [0.717, 1.165) is 5.56 Å². The minimum absolute atomic E-state index is 0.0131. The smallest absolute Gasteiger partial charge is 0.339 e. The van der Waals surface area contributed by atoms with Gasteiger partial charge in [0, 0.05) is 29.2 Å². The Kier molecular flexibility index (Phi) is 7.53. The van der Waals surface area contributed by atoms with Crippen LogP contribution in [-0.4, -0.2) is 16.9 Å². The number of nitro groups is 1. The van der Waals surface area contributed by atoms with Crippen LogP contribution in [0.4, 0.5) is 22.7 Å². The van der Waals surface area contributed by atoms with E-state index in [9.17, 15) is 19.7 Å². The van der Waals surface area contributed by atoms with Crippen LogP contribution in [0.5, 0.6) is 0 Å². The van der Waals surface area contributed by atoms with Crippen LogP contribution in [0.1, 0.15) is 31.8 Å². The number of hydrogen-bond donors (Lipinski definition) is 3. The molecule has 192 valence electrons. The molecule has 10 heteroatoms. The highest BCUT2D eigenvalue weighted by Gasteiger charge is 2.21. The summed E-state index contributed by atoms with van der Waals surface area (Å²) in [5.74, 6) is -1.32. The highest BCUT2D eigenvalue weighted by atomic mass is 16.6. The second-order valence-corrected chi connectivity index (χ2v) is 8.43. The molecule has 10 nitrogen and oxygen atoms in total. The molecule has 4 aromatic rings. The molecule has 0 spiro atoms. The molecule has 0 aliphatic rings. The van der Waals surface area contributed by atoms with Gasteiger partial charge >= 0.3 is 11.9 Å². The van der Waals surface area contributed by atoms with E-state index in [1.807, 2.05) is 0 Å². The van der Waals surface area contributed by atoms with Gasteiger partial charge in [0.1, 0.15) is 13.2 Å². The zero-order chi connectivity index (χ0) is 27.2. The molecule has 0 unspecified atom stereocenters. The molecule has 0 fully saturated rings. The van der Waals surface area contributed by atoms with Crippen molar-refractivity contribution in [3.8, 4) is 11.1 Å². The van der Waals surface area contributed by atoms with Crippen molar-refractivity contribution in [1.29, 1.82) is 0 Å². The number of rotatable bonds is 8. The number of hydrogen-bond acceptors (Lipinski definition) is 9. The van der Waals surface area contributed by atoms with Crippen LogP contribution >= 0.6 is 0 Å². The van der Waals surface area contributed by atoms with E-state index in [1.165, 1.54) is 36.4 Å². The van der Waals surface area contributed by atoms with Gasteiger partial charge in [0.15, 0.2) is 0 Å². The topological polar surface area (TPSA) is 174 Å². The summed E-state index contributed by atoms with van der Waals surface area (Å²) < 4.78 is 11.0. The third-order valence-corrected chi connectivity index (χ3v) is 5.68. The molecule has 0 amide bonds. The van der Waals surface area contributed by atoms with Gasteiger partial charge in [-0.2, -0.15) is 0 Å². The number of nitrogens with two attached hydrogens (primary N) is 3. The van der Waals surface area contributed by atoms with Gasteiger partial charge in [-0.05, 0) is 70.8 Å². The fourth-order valence-corrected chi connectivity index (χ4v) is 3.71. The number of anilines is 3. The Bertz CT molecular complexity index is 1500. The van der Waals surface area contributed by atoms with E-state index < -0.39 is 16.9 Å². The molecule has 0 aliphatic carbocycles. The number of benzene rings is 4. The number of carbonyl (C=O) groups excluding carboxylic acids is 2. The average molecular weight is 513 g/mol. The Morgan fingerprint density at radius 3 is 1.45 bits per heavy atom. The first-order valence-corrected chi connectivity index (χ1v) is 11.4. The van der Waals surface area contributed by atoms with Crippen molar-refractivity contribution in [3.63, 3.8) is 0 Å². The van der Waals surface area contributed by atoms with Crippen molar-refractivity contribution in [2.45, 2.75) is 13.2 Å². The monoisotopic (exact) mass is 512 g/mol. The first kappa shape index (κ1) is 25.7. The minimum Gasteiger partial charge on any atom is -0.457 e. The highest BCUT2D eigenvalue weighted by Crippen LogP contribution is 2.31. The zero-order valence-electron chi connectivity index (χ0n) is 20.1. The number of nitro benzene ring substituents is 1. The molecule has 4 aromatic carbocycles. The number of non-ortho nitro benzene ring substituents is 1. The van der Waals surface area contributed by atoms with E-state index in [2.05, 4.69) is 0 Å². The third-order valence-electron chi connectivity index (χ3n) is 5.68. The second kappa shape index (κ2) is 11.1. The quantitative estimate of drug-likeness (QED) is 0.131. The molecule has 0 bridgehead atoms. The van der Waals surface area contributed by atoms with E-state index in [1.54, 1.807) is 48.5 Å². The van der Waals surface area contributed by atoms with E-state index >= 15 is 0 Å². The molecule has 0 saturated heterocycles. The van der Waals surface area contributed by atoms with Gasteiger partial charge in [-0.3, -0.25) is 10.1 Å². The predicted molar refractivity (Wildman–Crippen MR) is 143 cm³/mol. The second-order valence-electron chi connectivity index (χ2n) is 8.43. The van der Waals surface area contributed by atoms with Crippen LogP contribution in [0.3, 0.4) is 0 Å². The summed E-state index contributed by atoms with van der Waals surface area (Å²) >= 11 is 0.